The van der Waals surface area contributed by atoms with E-state index in [9.17, 15) is 4.79 Å². The normalized spacial score (nSPS) is 10.5. The van der Waals surface area contributed by atoms with E-state index < -0.39 is 0 Å². The molecule has 3 rings (SSSR count). The fraction of sp³-hybridized carbons (Fsp3) is 0.150. The third-order valence-electron chi connectivity index (χ3n) is 3.57. The lowest BCUT2D eigenvalue weighted by Gasteiger charge is -2.08. The smallest absolute Gasteiger partial charge is 0.251 e. The van der Waals surface area contributed by atoms with Gasteiger partial charge in [0.1, 0.15) is 12.4 Å². The fourth-order valence-electron chi connectivity index (χ4n) is 2.37. The van der Waals surface area contributed by atoms with E-state index in [0.29, 0.717) is 25.3 Å². The summed E-state index contributed by atoms with van der Waals surface area (Å²) in [7, 11) is 0. The molecule has 0 unspecified atom stereocenters. The quantitative estimate of drug-likeness (QED) is 0.717. The maximum atomic E-state index is 12.1. The van der Waals surface area contributed by atoms with Crippen LogP contribution in [0.1, 0.15) is 27.2 Å². The van der Waals surface area contributed by atoms with Gasteiger partial charge in [-0.25, -0.2) is 0 Å². The molecule has 0 atom stereocenters. The lowest BCUT2D eigenvalue weighted by atomic mass is 10.1. The molecule has 0 aliphatic carbocycles. The van der Waals surface area contributed by atoms with Crippen LogP contribution >= 0.6 is 0 Å². The molecule has 0 radical (unpaired) electrons. The summed E-state index contributed by atoms with van der Waals surface area (Å²) in [6, 6.07) is 20.9. The van der Waals surface area contributed by atoms with Crippen molar-refractivity contribution in [2.75, 3.05) is 0 Å². The van der Waals surface area contributed by atoms with E-state index in [1.165, 1.54) is 0 Å². The van der Waals surface area contributed by atoms with E-state index in [4.69, 9.17) is 9.15 Å². The number of furan rings is 1. The van der Waals surface area contributed by atoms with Crippen molar-refractivity contribution in [2.24, 2.45) is 0 Å². The number of benzene rings is 2. The van der Waals surface area contributed by atoms with Crippen LogP contribution in [0.2, 0.25) is 0 Å². The zero-order valence-corrected chi connectivity index (χ0v) is 13.3. The lowest BCUT2D eigenvalue weighted by molar-refractivity contribution is 0.0928. The number of nitrogens with one attached hydrogen (secondary N) is 1. The molecule has 4 heteroatoms. The summed E-state index contributed by atoms with van der Waals surface area (Å²) in [4.78, 5) is 12.1. The monoisotopic (exact) mass is 321 g/mol. The highest BCUT2D eigenvalue weighted by atomic mass is 16.5. The van der Waals surface area contributed by atoms with Gasteiger partial charge in [-0.15, -0.1) is 0 Å². The molecule has 0 aliphatic rings. The summed E-state index contributed by atoms with van der Waals surface area (Å²) < 4.78 is 10.9. The first-order chi connectivity index (χ1) is 11.8. The number of amides is 1. The molecule has 0 aliphatic heterocycles. The standard InChI is InChI=1S/C20H19NO3/c22-20(18-8-2-1-3-9-18)21-13-16-6-4-7-17(12-16)14-23-15-19-10-5-11-24-19/h1-12H,13-15H2,(H,21,22). The number of carbonyl (C=O) groups excluding carboxylic acids is 1. The molecule has 0 saturated carbocycles. The highest BCUT2D eigenvalue weighted by Gasteiger charge is 2.04. The molecule has 1 N–H and O–H groups in total. The Balaban J connectivity index is 1.50. The molecule has 122 valence electrons. The first-order valence-corrected chi connectivity index (χ1v) is 7.82. The number of carbonyl (C=O) groups is 1. The maximum absolute atomic E-state index is 12.1. The van der Waals surface area contributed by atoms with Gasteiger partial charge in [-0.3, -0.25) is 4.79 Å². The van der Waals surface area contributed by atoms with Crippen molar-refractivity contribution >= 4 is 5.91 Å². The van der Waals surface area contributed by atoms with E-state index in [0.717, 1.165) is 16.9 Å². The number of hydrogen-bond acceptors (Lipinski definition) is 3. The number of hydrogen-bond donors (Lipinski definition) is 1. The Kier molecular flexibility index (Phi) is 5.43. The minimum Gasteiger partial charge on any atom is -0.467 e. The summed E-state index contributed by atoms with van der Waals surface area (Å²) in [5, 5.41) is 2.93. The molecule has 1 amide bonds. The van der Waals surface area contributed by atoms with Gasteiger partial charge < -0.3 is 14.5 Å². The summed E-state index contributed by atoms with van der Waals surface area (Å²) in [5.74, 6) is 0.733. The lowest BCUT2D eigenvalue weighted by Crippen LogP contribution is -2.22. The van der Waals surface area contributed by atoms with E-state index in [2.05, 4.69) is 5.32 Å². The van der Waals surface area contributed by atoms with Crippen molar-refractivity contribution in [3.05, 3.63) is 95.4 Å². The second kappa shape index (κ2) is 8.13. The predicted molar refractivity (Wildman–Crippen MR) is 91.3 cm³/mol. The second-order valence-corrected chi connectivity index (χ2v) is 5.44. The van der Waals surface area contributed by atoms with E-state index in [-0.39, 0.29) is 5.91 Å². The van der Waals surface area contributed by atoms with Crippen LogP contribution in [0.5, 0.6) is 0 Å². The summed E-state index contributed by atoms with van der Waals surface area (Å²) in [6.07, 6.45) is 1.63. The topological polar surface area (TPSA) is 51.5 Å². The van der Waals surface area contributed by atoms with Crippen molar-refractivity contribution in [3.8, 4) is 0 Å². The fourth-order valence-corrected chi connectivity index (χ4v) is 2.37. The zero-order chi connectivity index (χ0) is 16.6. The molecule has 0 saturated heterocycles. The van der Waals surface area contributed by atoms with E-state index in [1.54, 1.807) is 18.4 Å². The molecule has 0 fully saturated rings. The van der Waals surface area contributed by atoms with Crippen LogP contribution in [0.4, 0.5) is 0 Å². The average molecular weight is 321 g/mol. The first kappa shape index (κ1) is 16.0. The van der Waals surface area contributed by atoms with Crippen molar-refractivity contribution in [2.45, 2.75) is 19.8 Å². The van der Waals surface area contributed by atoms with E-state index >= 15 is 0 Å². The Hall–Kier alpha value is -2.85. The molecule has 1 aromatic heterocycles. The van der Waals surface area contributed by atoms with Crippen LogP contribution in [-0.4, -0.2) is 5.91 Å². The Morgan fingerprint density at radius 1 is 0.917 bits per heavy atom. The predicted octanol–water partition coefficient (Wildman–Crippen LogP) is 3.93. The maximum Gasteiger partial charge on any atom is 0.251 e. The van der Waals surface area contributed by atoms with Gasteiger partial charge >= 0.3 is 0 Å². The Labute approximate surface area is 141 Å². The third kappa shape index (κ3) is 4.57. The second-order valence-electron chi connectivity index (χ2n) is 5.44. The van der Waals surface area contributed by atoms with Crippen molar-refractivity contribution in [1.82, 2.24) is 5.32 Å². The molecule has 1 heterocycles. The third-order valence-corrected chi connectivity index (χ3v) is 3.57. The van der Waals surface area contributed by atoms with Gasteiger partial charge in [0.05, 0.1) is 12.9 Å². The van der Waals surface area contributed by atoms with Gasteiger partial charge in [-0.2, -0.15) is 0 Å². The van der Waals surface area contributed by atoms with Crippen LogP contribution in [0.25, 0.3) is 0 Å². The Morgan fingerprint density at radius 2 is 1.75 bits per heavy atom. The van der Waals surface area contributed by atoms with Crippen LogP contribution in [0.15, 0.2) is 77.4 Å². The molecule has 0 spiro atoms. The van der Waals surface area contributed by atoms with Gasteiger partial charge in [0.25, 0.3) is 5.91 Å². The number of ether oxygens (including phenoxy) is 1. The largest absolute Gasteiger partial charge is 0.467 e. The van der Waals surface area contributed by atoms with Crippen molar-refractivity contribution < 1.29 is 13.9 Å². The first-order valence-electron chi connectivity index (χ1n) is 7.82. The molecule has 4 nitrogen and oxygen atoms in total. The summed E-state index contributed by atoms with van der Waals surface area (Å²) >= 11 is 0. The van der Waals surface area contributed by atoms with Crippen LogP contribution in [0.3, 0.4) is 0 Å². The van der Waals surface area contributed by atoms with Crippen LogP contribution in [-0.2, 0) is 24.5 Å². The molecule has 24 heavy (non-hydrogen) atoms. The number of rotatable bonds is 7. The minimum absolute atomic E-state index is 0.0740. The molecule has 0 bridgehead atoms. The molecular weight excluding hydrogens is 302 g/mol. The summed E-state index contributed by atoms with van der Waals surface area (Å²) in [6.45, 7) is 1.43. The van der Waals surface area contributed by atoms with Gasteiger partial charge in [-0.1, -0.05) is 42.5 Å². The summed E-state index contributed by atoms with van der Waals surface area (Å²) in [5.41, 5.74) is 2.77. The SMILES string of the molecule is O=C(NCc1cccc(COCc2ccco2)c1)c1ccccc1. The average Bonchev–Trinajstić information content (AvgIpc) is 3.14. The molecular formula is C20H19NO3. The highest BCUT2D eigenvalue weighted by molar-refractivity contribution is 5.94. The molecule has 2 aromatic carbocycles. The van der Waals surface area contributed by atoms with E-state index in [1.807, 2.05) is 54.6 Å². The van der Waals surface area contributed by atoms with Gasteiger partial charge in [0.15, 0.2) is 0 Å². The zero-order valence-electron chi connectivity index (χ0n) is 13.3. The van der Waals surface area contributed by atoms with Crippen molar-refractivity contribution in [3.63, 3.8) is 0 Å². The van der Waals surface area contributed by atoms with Gasteiger partial charge in [-0.05, 0) is 35.4 Å². The Morgan fingerprint density at radius 3 is 2.54 bits per heavy atom. The minimum atomic E-state index is -0.0740. The Bertz CT molecular complexity index is 767. The van der Waals surface area contributed by atoms with Crippen LogP contribution < -0.4 is 5.32 Å². The highest BCUT2D eigenvalue weighted by Crippen LogP contribution is 2.09. The van der Waals surface area contributed by atoms with Gasteiger partial charge in [0.2, 0.25) is 0 Å². The van der Waals surface area contributed by atoms with Crippen LogP contribution in [0, 0.1) is 0 Å². The van der Waals surface area contributed by atoms with Crippen molar-refractivity contribution in [1.29, 1.82) is 0 Å². The van der Waals surface area contributed by atoms with Gasteiger partial charge in [0, 0.05) is 12.1 Å². The molecule has 3 aromatic rings.